The number of pyridine rings is 1. The van der Waals surface area contributed by atoms with Gasteiger partial charge in [-0.1, -0.05) is 31.4 Å². The third kappa shape index (κ3) is 3.22. The van der Waals surface area contributed by atoms with Crippen LogP contribution in [0.1, 0.15) is 42.5 Å². The Morgan fingerprint density at radius 2 is 2.07 bits per heavy atom. The lowest BCUT2D eigenvalue weighted by Crippen LogP contribution is -2.23. The average Bonchev–Trinajstić information content (AvgIpc) is 3.37. The first kappa shape index (κ1) is 17.7. The molecule has 0 saturated heterocycles. The summed E-state index contributed by atoms with van der Waals surface area (Å²) in [6.07, 6.45) is 9.66. The number of ether oxygens (including phenoxy) is 1. The maximum absolute atomic E-state index is 12.1. The molecule has 3 heterocycles. The number of anilines is 1. The van der Waals surface area contributed by atoms with Gasteiger partial charge in [-0.25, -0.2) is 9.78 Å². The third-order valence-corrected chi connectivity index (χ3v) is 5.70. The van der Waals surface area contributed by atoms with Crippen LogP contribution in [0, 0.1) is 0 Å². The molecule has 0 unspecified atom stereocenters. The van der Waals surface area contributed by atoms with Gasteiger partial charge in [0.05, 0.1) is 24.4 Å². The molecule has 7 nitrogen and oxygen atoms in total. The number of carbonyl (C=O) groups excluding carboxylic acids is 1. The number of fused-ring (bicyclic) bond motifs is 2. The van der Waals surface area contributed by atoms with Crippen LogP contribution in [0.3, 0.4) is 0 Å². The quantitative estimate of drug-likeness (QED) is 0.505. The van der Waals surface area contributed by atoms with E-state index in [1.807, 2.05) is 22.7 Å². The number of rotatable bonds is 4. The largest absolute Gasteiger partial charge is 0.465 e. The number of nitrogens with one attached hydrogen (secondary N) is 2. The Kier molecular flexibility index (Phi) is 4.42. The Balaban J connectivity index is 1.66. The van der Waals surface area contributed by atoms with Gasteiger partial charge >= 0.3 is 5.97 Å². The molecule has 29 heavy (non-hydrogen) atoms. The fourth-order valence-corrected chi connectivity index (χ4v) is 4.15. The van der Waals surface area contributed by atoms with Crippen molar-refractivity contribution in [2.75, 3.05) is 12.4 Å². The maximum atomic E-state index is 12.1. The van der Waals surface area contributed by atoms with Crippen molar-refractivity contribution < 1.29 is 9.53 Å². The molecule has 0 amide bonds. The van der Waals surface area contributed by atoms with E-state index in [0.717, 1.165) is 46.5 Å². The molecule has 1 aromatic carbocycles. The van der Waals surface area contributed by atoms with Crippen molar-refractivity contribution in [2.45, 2.75) is 38.1 Å². The Morgan fingerprint density at radius 3 is 2.90 bits per heavy atom. The van der Waals surface area contributed by atoms with Crippen LogP contribution in [-0.2, 0) is 4.74 Å². The van der Waals surface area contributed by atoms with Crippen LogP contribution in [0.2, 0.25) is 0 Å². The van der Waals surface area contributed by atoms with Gasteiger partial charge in [0.2, 0.25) is 0 Å². The molecule has 5 rings (SSSR count). The Hall–Kier alpha value is -3.35. The van der Waals surface area contributed by atoms with E-state index in [-0.39, 0.29) is 5.97 Å². The molecule has 0 atom stereocenters. The number of hydrogen-bond acceptors (Lipinski definition) is 5. The standard InChI is InChI=1S/C22H23N5O2/c1-29-22(28)16-9-10-19-25-20(14-7-8-15-12-23-26-18(15)11-14)21(27(19)13-16)24-17-5-3-2-4-6-17/h7-13,17,24H,2-6H2,1H3,(H,23,26). The summed E-state index contributed by atoms with van der Waals surface area (Å²) >= 11 is 0. The van der Waals surface area contributed by atoms with Crippen molar-refractivity contribution in [2.24, 2.45) is 0 Å². The van der Waals surface area contributed by atoms with Gasteiger partial charge < -0.3 is 10.1 Å². The van der Waals surface area contributed by atoms with E-state index in [4.69, 9.17) is 9.72 Å². The number of nitrogens with zero attached hydrogens (tertiary/aromatic N) is 3. The van der Waals surface area contributed by atoms with E-state index < -0.39 is 0 Å². The van der Waals surface area contributed by atoms with E-state index in [0.29, 0.717) is 11.6 Å². The van der Waals surface area contributed by atoms with Crippen molar-refractivity contribution in [3.8, 4) is 11.3 Å². The van der Waals surface area contributed by atoms with Crippen LogP contribution in [0.15, 0.2) is 42.7 Å². The lowest BCUT2D eigenvalue weighted by Gasteiger charge is -2.24. The fraction of sp³-hybridized carbons (Fsp3) is 0.318. The van der Waals surface area contributed by atoms with E-state index in [1.54, 1.807) is 12.3 Å². The summed E-state index contributed by atoms with van der Waals surface area (Å²) in [7, 11) is 1.40. The molecular formula is C22H23N5O2. The minimum atomic E-state index is -0.357. The smallest absolute Gasteiger partial charge is 0.339 e. The molecule has 7 heteroatoms. The van der Waals surface area contributed by atoms with Crippen LogP contribution in [-0.4, -0.2) is 38.7 Å². The second kappa shape index (κ2) is 7.24. The van der Waals surface area contributed by atoms with Gasteiger partial charge in [0.1, 0.15) is 17.2 Å². The summed E-state index contributed by atoms with van der Waals surface area (Å²) in [5.74, 6) is 0.557. The van der Waals surface area contributed by atoms with E-state index >= 15 is 0 Å². The minimum Gasteiger partial charge on any atom is -0.465 e. The van der Waals surface area contributed by atoms with Gasteiger partial charge in [0.15, 0.2) is 0 Å². The third-order valence-electron chi connectivity index (χ3n) is 5.70. The van der Waals surface area contributed by atoms with E-state index in [2.05, 4.69) is 27.6 Å². The average molecular weight is 389 g/mol. The first-order valence-corrected chi connectivity index (χ1v) is 10.0. The number of methoxy groups -OCH3 is 1. The van der Waals surface area contributed by atoms with Crippen molar-refractivity contribution in [1.82, 2.24) is 19.6 Å². The van der Waals surface area contributed by atoms with Crippen LogP contribution in [0.5, 0.6) is 0 Å². The van der Waals surface area contributed by atoms with Crippen molar-refractivity contribution in [3.63, 3.8) is 0 Å². The number of aromatic nitrogens is 4. The predicted octanol–water partition coefficient (Wildman–Crippen LogP) is 4.41. The van der Waals surface area contributed by atoms with Gasteiger partial charge in [0.25, 0.3) is 0 Å². The molecule has 2 N–H and O–H groups in total. The molecule has 0 aliphatic heterocycles. The number of benzene rings is 1. The van der Waals surface area contributed by atoms with Crippen molar-refractivity contribution >= 4 is 28.3 Å². The SMILES string of the molecule is COC(=O)c1ccc2nc(-c3ccc4cn[nH]c4c3)c(NC3CCCCC3)n2c1. The first-order chi connectivity index (χ1) is 14.2. The summed E-state index contributed by atoms with van der Waals surface area (Å²) < 4.78 is 6.87. The number of hydrogen-bond donors (Lipinski definition) is 2. The highest BCUT2D eigenvalue weighted by molar-refractivity contribution is 5.90. The number of imidazole rings is 1. The van der Waals surface area contributed by atoms with Crippen LogP contribution in [0.4, 0.5) is 5.82 Å². The first-order valence-electron chi connectivity index (χ1n) is 10.0. The molecule has 4 aromatic rings. The summed E-state index contributed by atoms with van der Waals surface area (Å²) in [5, 5.41) is 11.9. The molecule has 0 bridgehead atoms. The molecular weight excluding hydrogens is 366 g/mol. The van der Waals surface area contributed by atoms with Gasteiger partial charge in [-0.05, 0) is 31.0 Å². The second-order valence-electron chi connectivity index (χ2n) is 7.60. The topological polar surface area (TPSA) is 84.3 Å². The zero-order valence-electron chi connectivity index (χ0n) is 16.3. The van der Waals surface area contributed by atoms with Crippen molar-refractivity contribution in [3.05, 3.63) is 48.3 Å². The number of carbonyl (C=O) groups is 1. The fourth-order valence-electron chi connectivity index (χ4n) is 4.15. The Labute approximate surface area is 168 Å². The normalized spacial score (nSPS) is 15.1. The summed E-state index contributed by atoms with van der Waals surface area (Å²) in [5.41, 5.74) is 4.13. The van der Waals surface area contributed by atoms with Gasteiger partial charge in [-0.15, -0.1) is 0 Å². The molecule has 3 aromatic heterocycles. The van der Waals surface area contributed by atoms with Gasteiger partial charge in [-0.3, -0.25) is 9.50 Å². The monoisotopic (exact) mass is 389 g/mol. The van der Waals surface area contributed by atoms with Crippen LogP contribution in [0.25, 0.3) is 27.8 Å². The Morgan fingerprint density at radius 1 is 1.21 bits per heavy atom. The molecule has 1 aliphatic carbocycles. The molecule has 1 fully saturated rings. The zero-order chi connectivity index (χ0) is 19.8. The maximum Gasteiger partial charge on any atom is 0.339 e. The van der Waals surface area contributed by atoms with Crippen LogP contribution < -0.4 is 5.32 Å². The zero-order valence-corrected chi connectivity index (χ0v) is 16.3. The number of aromatic amines is 1. The summed E-state index contributed by atoms with van der Waals surface area (Å²) in [4.78, 5) is 16.9. The van der Waals surface area contributed by atoms with Crippen LogP contribution >= 0.6 is 0 Å². The molecule has 0 spiro atoms. The molecule has 1 aliphatic rings. The predicted molar refractivity (Wildman–Crippen MR) is 112 cm³/mol. The molecule has 148 valence electrons. The highest BCUT2D eigenvalue weighted by atomic mass is 16.5. The number of H-pyrrole nitrogens is 1. The number of esters is 1. The highest BCUT2D eigenvalue weighted by Crippen LogP contribution is 2.33. The molecule has 1 saturated carbocycles. The highest BCUT2D eigenvalue weighted by Gasteiger charge is 2.21. The van der Waals surface area contributed by atoms with Gasteiger partial charge in [-0.2, -0.15) is 5.10 Å². The summed E-state index contributed by atoms with van der Waals surface area (Å²) in [6, 6.07) is 10.2. The van der Waals surface area contributed by atoms with E-state index in [1.165, 1.54) is 26.4 Å². The molecule has 0 radical (unpaired) electrons. The van der Waals surface area contributed by atoms with Crippen molar-refractivity contribution in [1.29, 1.82) is 0 Å². The van der Waals surface area contributed by atoms with Gasteiger partial charge in [0, 0.05) is 23.2 Å². The van der Waals surface area contributed by atoms with E-state index in [9.17, 15) is 4.79 Å². The lowest BCUT2D eigenvalue weighted by molar-refractivity contribution is 0.0600. The minimum absolute atomic E-state index is 0.357. The second-order valence-corrected chi connectivity index (χ2v) is 7.60. The summed E-state index contributed by atoms with van der Waals surface area (Å²) in [6.45, 7) is 0. The Bertz CT molecular complexity index is 1190. The lowest BCUT2D eigenvalue weighted by atomic mass is 9.95.